The molecule has 2 heterocycles. The van der Waals surface area contributed by atoms with Crippen molar-refractivity contribution in [2.45, 2.75) is 11.4 Å². The van der Waals surface area contributed by atoms with Gasteiger partial charge in [-0.1, -0.05) is 0 Å². The van der Waals surface area contributed by atoms with Crippen LogP contribution >= 0.6 is 11.3 Å². The fraction of sp³-hybridized carbons (Fsp3) is 0.100. The van der Waals surface area contributed by atoms with Gasteiger partial charge in [0.25, 0.3) is 0 Å². The molecule has 0 saturated heterocycles. The maximum Gasteiger partial charge on any atom is 0.347 e. The summed E-state index contributed by atoms with van der Waals surface area (Å²) < 4.78 is 26.3. The third-order valence-corrected chi connectivity index (χ3v) is 4.67. The van der Waals surface area contributed by atoms with E-state index in [0.29, 0.717) is 5.69 Å². The van der Waals surface area contributed by atoms with Gasteiger partial charge in [0, 0.05) is 6.20 Å². The fourth-order valence-electron chi connectivity index (χ4n) is 1.33. The Morgan fingerprint density at radius 3 is 2.84 bits per heavy atom. The van der Waals surface area contributed by atoms with Gasteiger partial charge in [0.2, 0.25) is 10.0 Å². The molecule has 0 fully saturated rings. The molecule has 19 heavy (non-hydrogen) atoms. The Labute approximate surface area is 113 Å². The lowest BCUT2D eigenvalue weighted by atomic mass is 10.4. The van der Waals surface area contributed by atoms with E-state index in [1.54, 1.807) is 6.07 Å². The smallest absolute Gasteiger partial charge is 0.347 e. The molecule has 100 valence electrons. The number of thiophene rings is 1. The Morgan fingerprint density at radius 2 is 2.21 bits per heavy atom. The van der Waals surface area contributed by atoms with E-state index in [1.807, 2.05) is 0 Å². The lowest BCUT2D eigenvalue weighted by molar-refractivity contribution is 0.0698. The summed E-state index contributed by atoms with van der Waals surface area (Å²) in [6, 6.07) is 2.82. The first-order valence-corrected chi connectivity index (χ1v) is 7.42. The molecule has 2 N–H and O–H groups in total. The second-order valence-electron chi connectivity index (χ2n) is 3.44. The molecule has 2 aromatic heterocycles. The monoisotopic (exact) mass is 299 g/mol. The minimum absolute atomic E-state index is 0.0280. The average Bonchev–Trinajstić information content (AvgIpc) is 2.88. The van der Waals surface area contributed by atoms with Gasteiger partial charge in [-0.15, -0.1) is 11.3 Å². The highest BCUT2D eigenvalue weighted by Crippen LogP contribution is 2.21. The van der Waals surface area contributed by atoms with E-state index in [0.717, 1.165) is 11.3 Å². The van der Waals surface area contributed by atoms with Gasteiger partial charge >= 0.3 is 5.97 Å². The molecule has 2 aromatic rings. The first-order chi connectivity index (χ1) is 9.00. The van der Waals surface area contributed by atoms with Gasteiger partial charge in [-0.2, -0.15) is 0 Å². The third kappa shape index (κ3) is 3.13. The summed E-state index contributed by atoms with van der Waals surface area (Å²) >= 11 is 0.862. The van der Waals surface area contributed by atoms with Crippen molar-refractivity contribution in [3.05, 3.63) is 40.6 Å². The van der Waals surface area contributed by atoms with Crippen LogP contribution < -0.4 is 4.72 Å². The largest absolute Gasteiger partial charge is 0.477 e. The van der Waals surface area contributed by atoms with E-state index in [-0.39, 0.29) is 16.3 Å². The van der Waals surface area contributed by atoms with Crippen LogP contribution in [0.25, 0.3) is 0 Å². The molecule has 0 aliphatic carbocycles. The predicted molar refractivity (Wildman–Crippen MR) is 67.3 cm³/mol. The number of carboxylic acids is 1. The highest BCUT2D eigenvalue weighted by atomic mass is 32.2. The van der Waals surface area contributed by atoms with Crippen LogP contribution in [0.15, 0.2) is 34.9 Å². The molecule has 0 aromatic carbocycles. The number of carboxylic acid groups (broad SMARTS) is 1. The molecule has 0 amide bonds. The van der Waals surface area contributed by atoms with Crippen molar-refractivity contribution in [3.8, 4) is 0 Å². The molecule has 0 unspecified atom stereocenters. The highest BCUT2D eigenvalue weighted by molar-refractivity contribution is 7.89. The first-order valence-electron chi connectivity index (χ1n) is 5.06. The van der Waals surface area contributed by atoms with Crippen molar-refractivity contribution in [3.63, 3.8) is 0 Å². The molecule has 0 aliphatic heterocycles. The molecule has 9 heteroatoms. The van der Waals surface area contributed by atoms with Crippen LogP contribution in [0.2, 0.25) is 0 Å². The van der Waals surface area contributed by atoms with Gasteiger partial charge in [0.1, 0.15) is 16.1 Å². The zero-order valence-corrected chi connectivity index (χ0v) is 11.1. The Morgan fingerprint density at radius 1 is 1.42 bits per heavy atom. The average molecular weight is 299 g/mol. The molecule has 0 atom stereocenters. The summed E-state index contributed by atoms with van der Waals surface area (Å²) in [7, 11) is -3.87. The summed E-state index contributed by atoms with van der Waals surface area (Å²) in [5.41, 5.74) is 0.491. The number of aromatic nitrogens is 2. The van der Waals surface area contributed by atoms with Gasteiger partial charge in [-0.05, 0) is 17.5 Å². The van der Waals surface area contributed by atoms with Gasteiger partial charge in [-0.25, -0.2) is 27.9 Å². The highest BCUT2D eigenvalue weighted by Gasteiger charge is 2.23. The summed E-state index contributed by atoms with van der Waals surface area (Å²) in [6.45, 7) is -0.0280. The zero-order chi connectivity index (χ0) is 13.9. The maximum absolute atomic E-state index is 12.0. The summed E-state index contributed by atoms with van der Waals surface area (Å²) in [5, 5.41) is 10.3. The fourth-order valence-corrected chi connectivity index (χ4v) is 3.59. The first kappa shape index (κ1) is 13.6. The third-order valence-electron chi connectivity index (χ3n) is 2.20. The van der Waals surface area contributed by atoms with Crippen LogP contribution in [-0.4, -0.2) is 29.5 Å². The van der Waals surface area contributed by atoms with Gasteiger partial charge in [-0.3, -0.25) is 0 Å². The molecule has 0 aliphatic rings. The summed E-state index contributed by atoms with van der Waals surface area (Å²) in [6.07, 6.45) is 2.79. The van der Waals surface area contributed by atoms with Crippen molar-refractivity contribution >= 4 is 27.3 Å². The van der Waals surface area contributed by atoms with Crippen LogP contribution in [0.3, 0.4) is 0 Å². The number of hydrogen-bond acceptors (Lipinski definition) is 6. The Balaban J connectivity index is 2.19. The van der Waals surface area contributed by atoms with Gasteiger partial charge < -0.3 is 5.11 Å². The van der Waals surface area contributed by atoms with Crippen molar-refractivity contribution in [1.29, 1.82) is 0 Å². The van der Waals surface area contributed by atoms with E-state index >= 15 is 0 Å². The summed E-state index contributed by atoms with van der Waals surface area (Å²) in [4.78, 5) is 18.0. The number of carbonyl (C=O) groups is 1. The molecular formula is C10H9N3O4S2. The molecule has 0 saturated carbocycles. The van der Waals surface area contributed by atoms with Crippen molar-refractivity contribution in [2.75, 3.05) is 0 Å². The second-order valence-corrected chi connectivity index (χ2v) is 6.10. The summed E-state index contributed by atoms with van der Waals surface area (Å²) in [5.74, 6) is -1.27. The van der Waals surface area contributed by atoms with Crippen LogP contribution in [-0.2, 0) is 16.6 Å². The molecule has 0 spiro atoms. The molecular weight excluding hydrogens is 290 g/mol. The SMILES string of the molecule is O=C(O)c1sccc1S(=O)(=O)NCc1ccncn1. The van der Waals surface area contributed by atoms with Crippen LogP contribution in [0.5, 0.6) is 0 Å². The Kier molecular flexibility index (Phi) is 3.88. The number of hydrogen-bond donors (Lipinski definition) is 2. The lowest BCUT2D eigenvalue weighted by Crippen LogP contribution is -2.24. The number of nitrogens with one attached hydrogen (secondary N) is 1. The van der Waals surface area contributed by atoms with Crippen molar-refractivity contribution in [2.24, 2.45) is 0 Å². The van der Waals surface area contributed by atoms with E-state index < -0.39 is 16.0 Å². The van der Waals surface area contributed by atoms with Crippen LogP contribution in [0.4, 0.5) is 0 Å². The minimum Gasteiger partial charge on any atom is -0.477 e. The molecule has 0 radical (unpaired) electrons. The molecule has 0 bridgehead atoms. The van der Waals surface area contributed by atoms with E-state index in [4.69, 9.17) is 5.11 Å². The quantitative estimate of drug-likeness (QED) is 0.841. The van der Waals surface area contributed by atoms with E-state index in [9.17, 15) is 13.2 Å². The van der Waals surface area contributed by atoms with E-state index in [1.165, 1.54) is 24.0 Å². The second kappa shape index (κ2) is 5.43. The zero-order valence-electron chi connectivity index (χ0n) is 9.48. The van der Waals surface area contributed by atoms with Crippen LogP contribution in [0, 0.1) is 0 Å². The molecule has 2 rings (SSSR count). The Hall–Kier alpha value is -1.84. The van der Waals surface area contributed by atoms with E-state index in [2.05, 4.69) is 14.7 Å². The normalized spacial score (nSPS) is 11.4. The number of aromatic carboxylic acids is 1. The van der Waals surface area contributed by atoms with Crippen molar-refractivity contribution < 1.29 is 18.3 Å². The number of sulfonamides is 1. The topological polar surface area (TPSA) is 109 Å². The minimum atomic E-state index is -3.87. The Bertz CT molecular complexity index is 682. The van der Waals surface area contributed by atoms with Crippen molar-refractivity contribution in [1.82, 2.24) is 14.7 Å². The van der Waals surface area contributed by atoms with Gasteiger partial charge in [0.15, 0.2) is 0 Å². The number of nitrogens with zero attached hydrogens (tertiary/aromatic N) is 2. The van der Waals surface area contributed by atoms with Gasteiger partial charge in [0.05, 0.1) is 12.2 Å². The maximum atomic E-state index is 12.0. The lowest BCUT2D eigenvalue weighted by Gasteiger charge is -2.05. The number of rotatable bonds is 5. The van der Waals surface area contributed by atoms with Crippen LogP contribution in [0.1, 0.15) is 15.4 Å². The molecule has 7 nitrogen and oxygen atoms in total. The predicted octanol–water partition coefficient (Wildman–Crippen LogP) is 0.715. The standard InChI is InChI=1S/C10H9N3O4S2/c14-10(15)9-8(2-4-18-9)19(16,17)13-5-7-1-3-11-6-12-7/h1-4,6,13H,5H2,(H,14,15).